The van der Waals surface area contributed by atoms with Gasteiger partial charge < -0.3 is 11.1 Å². The predicted molar refractivity (Wildman–Crippen MR) is 86.0 cm³/mol. The summed E-state index contributed by atoms with van der Waals surface area (Å²) in [6.07, 6.45) is 3.74. The summed E-state index contributed by atoms with van der Waals surface area (Å²) in [5.41, 5.74) is 8.20. The third-order valence-electron chi connectivity index (χ3n) is 2.93. The second-order valence-electron chi connectivity index (χ2n) is 6.05. The zero-order valence-electron chi connectivity index (χ0n) is 12.9. The summed E-state index contributed by atoms with van der Waals surface area (Å²) in [6.45, 7) is 7.47. The third-order valence-corrected chi connectivity index (χ3v) is 2.93. The van der Waals surface area contributed by atoms with Crippen LogP contribution in [0.5, 0.6) is 0 Å². The molecule has 0 bridgehead atoms. The Kier molecular flexibility index (Phi) is 4.62. The van der Waals surface area contributed by atoms with E-state index in [1.807, 2.05) is 29.1 Å². The molecule has 0 spiro atoms. The van der Waals surface area contributed by atoms with E-state index in [-0.39, 0.29) is 5.54 Å². The van der Waals surface area contributed by atoms with Crippen molar-refractivity contribution in [2.45, 2.75) is 39.4 Å². The van der Waals surface area contributed by atoms with Gasteiger partial charge in [-0.2, -0.15) is 5.10 Å². The van der Waals surface area contributed by atoms with E-state index in [9.17, 15) is 0 Å². The maximum absolute atomic E-state index is 5.92. The number of nitrogens with one attached hydrogen (secondary N) is 1. The monoisotopic (exact) mass is 285 g/mol. The Balaban J connectivity index is 2.08. The fraction of sp³-hybridized carbons (Fsp3) is 0.375. The van der Waals surface area contributed by atoms with Crippen molar-refractivity contribution in [1.29, 1.82) is 0 Å². The zero-order valence-corrected chi connectivity index (χ0v) is 12.9. The van der Waals surface area contributed by atoms with E-state index in [2.05, 4.69) is 48.3 Å². The molecular formula is C16H23N5. The molecule has 1 aromatic carbocycles. The minimum absolute atomic E-state index is 0.0812. The maximum Gasteiger partial charge on any atom is 0.189 e. The molecule has 0 amide bonds. The van der Waals surface area contributed by atoms with Crippen molar-refractivity contribution in [2.75, 3.05) is 0 Å². The third kappa shape index (κ3) is 4.95. The van der Waals surface area contributed by atoms with Crippen LogP contribution in [0.25, 0.3) is 0 Å². The van der Waals surface area contributed by atoms with Crippen LogP contribution in [0.2, 0.25) is 0 Å². The molecule has 5 heteroatoms. The van der Waals surface area contributed by atoms with Gasteiger partial charge in [-0.15, -0.1) is 0 Å². The Hall–Kier alpha value is -2.30. The second kappa shape index (κ2) is 6.43. The molecule has 3 N–H and O–H groups in total. The molecule has 0 radical (unpaired) electrons. The highest BCUT2D eigenvalue weighted by atomic mass is 15.3. The zero-order chi connectivity index (χ0) is 15.3. The summed E-state index contributed by atoms with van der Waals surface area (Å²) < 4.78 is 1.90. The van der Waals surface area contributed by atoms with E-state index < -0.39 is 0 Å². The first-order valence-corrected chi connectivity index (χ1v) is 7.06. The van der Waals surface area contributed by atoms with Crippen molar-refractivity contribution in [1.82, 2.24) is 15.1 Å². The van der Waals surface area contributed by atoms with Gasteiger partial charge in [-0.05, 0) is 38.0 Å². The highest BCUT2D eigenvalue weighted by Gasteiger charge is 2.10. The van der Waals surface area contributed by atoms with Gasteiger partial charge in [0, 0.05) is 17.9 Å². The van der Waals surface area contributed by atoms with Crippen LogP contribution in [0.1, 0.15) is 31.9 Å². The molecule has 0 unspecified atom stereocenters. The molecule has 21 heavy (non-hydrogen) atoms. The van der Waals surface area contributed by atoms with Crippen molar-refractivity contribution in [3.05, 3.63) is 53.9 Å². The molecule has 0 aliphatic carbocycles. The van der Waals surface area contributed by atoms with Crippen LogP contribution in [-0.4, -0.2) is 21.3 Å². The first-order chi connectivity index (χ1) is 9.94. The quantitative estimate of drug-likeness (QED) is 0.668. The number of hydrogen-bond acceptors (Lipinski definition) is 2. The first kappa shape index (κ1) is 15.1. The maximum atomic E-state index is 5.92. The molecule has 0 atom stereocenters. The van der Waals surface area contributed by atoms with E-state index in [0.717, 1.165) is 12.1 Å². The molecule has 2 rings (SSSR count). The molecule has 5 nitrogen and oxygen atoms in total. The topological polar surface area (TPSA) is 68.2 Å². The lowest BCUT2D eigenvalue weighted by molar-refractivity contribution is 0.508. The number of benzene rings is 1. The SMILES string of the molecule is CC(C)(C)NC(N)=NCc1ccccc1Cn1cccn1. The van der Waals surface area contributed by atoms with Crippen LogP contribution >= 0.6 is 0 Å². The predicted octanol–water partition coefficient (Wildman–Crippen LogP) is 2.13. The van der Waals surface area contributed by atoms with Gasteiger partial charge >= 0.3 is 0 Å². The minimum atomic E-state index is -0.0812. The Labute approximate surface area is 125 Å². The largest absolute Gasteiger partial charge is 0.370 e. The van der Waals surface area contributed by atoms with Gasteiger partial charge in [0.2, 0.25) is 0 Å². The second-order valence-corrected chi connectivity index (χ2v) is 6.05. The van der Waals surface area contributed by atoms with Crippen LogP contribution < -0.4 is 11.1 Å². The summed E-state index contributed by atoms with van der Waals surface area (Å²) in [5.74, 6) is 0.469. The van der Waals surface area contributed by atoms with E-state index in [0.29, 0.717) is 12.5 Å². The molecule has 0 fully saturated rings. The number of nitrogens with two attached hydrogens (primary N) is 1. The average Bonchev–Trinajstić information content (AvgIpc) is 2.88. The Morgan fingerprint density at radius 2 is 1.95 bits per heavy atom. The van der Waals surface area contributed by atoms with E-state index >= 15 is 0 Å². The highest BCUT2D eigenvalue weighted by molar-refractivity contribution is 5.78. The summed E-state index contributed by atoms with van der Waals surface area (Å²) >= 11 is 0. The Morgan fingerprint density at radius 1 is 1.24 bits per heavy atom. The van der Waals surface area contributed by atoms with E-state index in [1.165, 1.54) is 5.56 Å². The molecule has 0 saturated carbocycles. The van der Waals surface area contributed by atoms with E-state index in [4.69, 9.17) is 5.73 Å². The van der Waals surface area contributed by atoms with Crippen molar-refractivity contribution < 1.29 is 0 Å². The van der Waals surface area contributed by atoms with Gasteiger partial charge in [0.15, 0.2) is 5.96 Å². The molecular weight excluding hydrogens is 262 g/mol. The standard InChI is InChI=1S/C16H23N5/c1-16(2,3)20-15(17)18-11-13-7-4-5-8-14(13)12-21-10-6-9-19-21/h4-10H,11-12H2,1-3H3,(H3,17,18,20). The van der Waals surface area contributed by atoms with Gasteiger partial charge in [-0.1, -0.05) is 24.3 Å². The summed E-state index contributed by atoms with van der Waals surface area (Å²) in [7, 11) is 0. The van der Waals surface area contributed by atoms with Gasteiger partial charge in [0.25, 0.3) is 0 Å². The summed E-state index contributed by atoms with van der Waals surface area (Å²) in [6, 6.07) is 10.1. The summed E-state index contributed by atoms with van der Waals surface area (Å²) in [5, 5.41) is 7.40. The Bertz CT molecular complexity index is 593. The summed E-state index contributed by atoms with van der Waals surface area (Å²) in [4.78, 5) is 4.42. The minimum Gasteiger partial charge on any atom is -0.370 e. The van der Waals surface area contributed by atoms with Crippen molar-refractivity contribution >= 4 is 5.96 Å². The van der Waals surface area contributed by atoms with Crippen LogP contribution in [-0.2, 0) is 13.1 Å². The molecule has 0 aliphatic rings. The Morgan fingerprint density at radius 3 is 2.57 bits per heavy atom. The van der Waals surface area contributed by atoms with Crippen molar-refractivity contribution in [3.63, 3.8) is 0 Å². The number of aromatic nitrogens is 2. The molecule has 112 valence electrons. The van der Waals surface area contributed by atoms with Crippen molar-refractivity contribution in [2.24, 2.45) is 10.7 Å². The molecule has 2 aromatic rings. The number of hydrogen-bond donors (Lipinski definition) is 2. The fourth-order valence-electron chi connectivity index (χ4n) is 2.03. The smallest absolute Gasteiger partial charge is 0.189 e. The van der Waals surface area contributed by atoms with Crippen LogP contribution in [0, 0.1) is 0 Å². The lowest BCUT2D eigenvalue weighted by Gasteiger charge is -2.21. The van der Waals surface area contributed by atoms with Gasteiger partial charge in [0.1, 0.15) is 0 Å². The van der Waals surface area contributed by atoms with Crippen molar-refractivity contribution in [3.8, 4) is 0 Å². The fourth-order valence-corrected chi connectivity index (χ4v) is 2.03. The lowest BCUT2D eigenvalue weighted by Crippen LogP contribution is -2.45. The molecule has 0 saturated heterocycles. The lowest BCUT2D eigenvalue weighted by atomic mass is 10.1. The van der Waals surface area contributed by atoms with Crippen LogP contribution in [0.15, 0.2) is 47.7 Å². The molecule has 1 heterocycles. The van der Waals surface area contributed by atoms with Gasteiger partial charge in [-0.25, -0.2) is 4.99 Å². The number of rotatable bonds is 4. The van der Waals surface area contributed by atoms with E-state index in [1.54, 1.807) is 6.20 Å². The van der Waals surface area contributed by atoms with Crippen LogP contribution in [0.3, 0.4) is 0 Å². The highest BCUT2D eigenvalue weighted by Crippen LogP contribution is 2.11. The van der Waals surface area contributed by atoms with Gasteiger partial charge in [0.05, 0.1) is 13.1 Å². The number of aliphatic imine (C=N–C) groups is 1. The molecule has 0 aliphatic heterocycles. The van der Waals surface area contributed by atoms with Gasteiger partial charge in [-0.3, -0.25) is 4.68 Å². The number of nitrogens with zero attached hydrogens (tertiary/aromatic N) is 3. The number of guanidine groups is 1. The normalized spacial score (nSPS) is 12.4. The van der Waals surface area contributed by atoms with Crippen LogP contribution in [0.4, 0.5) is 0 Å². The molecule has 1 aromatic heterocycles. The first-order valence-electron chi connectivity index (χ1n) is 7.06. The average molecular weight is 285 g/mol.